The number of hydrogen-bond acceptors (Lipinski definition) is 9. The van der Waals surface area contributed by atoms with E-state index in [1.165, 1.54) is 4.90 Å². The van der Waals surface area contributed by atoms with Gasteiger partial charge in [0, 0.05) is 48.2 Å². The van der Waals surface area contributed by atoms with E-state index in [4.69, 9.17) is 9.47 Å². The molecule has 60 heavy (non-hydrogen) atoms. The van der Waals surface area contributed by atoms with Crippen LogP contribution in [0.25, 0.3) is 0 Å². The number of para-hydroxylation sites is 1. The van der Waals surface area contributed by atoms with Crippen molar-refractivity contribution in [3.05, 3.63) is 115 Å². The summed E-state index contributed by atoms with van der Waals surface area (Å²) in [5, 5.41) is 8.59. The molecule has 13 nitrogen and oxygen atoms in total. The molecule has 4 aromatic rings. The molecule has 3 atom stereocenters. The lowest BCUT2D eigenvalue weighted by molar-refractivity contribution is -0.942. The number of nitrogens with zero attached hydrogens (tertiary/aromatic N) is 1. The maximum atomic E-state index is 13.6. The highest BCUT2D eigenvalue weighted by molar-refractivity contribution is 5.98. The van der Waals surface area contributed by atoms with Crippen LogP contribution in [0, 0.1) is 11.8 Å². The molecular formula is C47H56N5O8+. The second-order valence-corrected chi connectivity index (χ2v) is 15.2. The van der Waals surface area contributed by atoms with E-state index in [-0.39, 0.29) is 67.3 Å². The Morgan fingerprint density at radius 1 is 0.833 bits per heavy atom. The van der Waals surface area contributed by atoms with Crippen molar-refractivity contribution < 1.29 is 33.6 Å². The van der Waals surface area contributed by atoms with Gasteiger partial charge in [0.15, 0.2) is 5.75 Å². The van der Waals surface area contributed by atoms with E-state index in [1.54, 1.807) is 36.1 Å². The zero-order valence-electron chi connectivity index (χ0n) is 35.2. The predicted octanol–water partition coefficient (Wildman–Crippen LogP) is 4.17. The summed E-state index contributed by atoms with van der Waals surface area (Å²) in [4.78, 5) is 80.2. The van der Waals surface area contributed by atoms with Crippen molar-refractivity contribution in [2.24, 2.45) is 0 Å². The van der Waals surface area contributed by atoms with Crippen LogP contribution in [0.15, 0.2) is 82.4 Å². The molecule has 3 amide bonds. The van der Waals surface area contributed by atoms with E-state index in [9.17, 15) is 28.8 Å². The Bertz CT molecular complexity index is 2270. The van der Waals surface area contributed by atoms with Gasteiger partial charge in [-0.1, -0.05) is 42.2 Å². The quantitative estimate of drug-likeness (QED) is 0.0418. The van der Waals surface area contributed by atoms with Crippen molar-refractivity contribution >= 4 is 40.8 Å². The summed E-state index contributed by atoms with van der Waals surface area (Å²) in [5.74, 6) is 4.91. The predicted molar refractivity (Wildman–Crippen MR) is 231 cm³/mol. The molecule has 4 N–H and O–H groups in total. The Kier molecular flexibility index (Phi) is 16.2. The van der Waals surface area contributed by atoms with Crippen molar-refractivity contribution in [2.45, 2.75) is 97.8 Å². The molecule has 0 saturated carbocycles. The van der Waals surface area contributed by atoms with Crippen LogP contribution in [0.4, 0.5) is 17.1 Å². The average Bonchev–Trinajstić information content (AvgIpc) is 3.24. The largest absolute Gasteiger partial charge is 0.488 e. The van der Waals surface area contributed by atoms with Gasteiger partial charge >= 0.3 is 5.97 Å². The first-order valence-corrected chi connectivity index (χ1v) is 20.8. The molecule has 5 rings (SSSR count). The number of quaternary nitrogens is 1. The number of amides is 3. The van der Waals surface area contributed by atoms with Crippen LogP contribution < -0.4 is 41.3 Å². The zero-order chi connectivity index (χ0) is 43.2. The third-order valence-corrected chi connectivity index (χ3v) is 10.7. The maximum Gasteiger partial charge on any atom is 0.328 e. The molecule has 0 bridgehead atoms. The fourth-order valence-corrected chi connectivity index (χ4v) is 7.41. The second kappa shape index (κ2) is 21.7. The molecule has 0 saturated heterocycles. The number of nitrogens with one attached hydrogen (secondary N) is 4. The Morgan fingerprint density at radius 3 is 2.25 bits per heavy atom. The number of fused-ring (bicyclic) bond motifs is 2. The van der Waals surface area contributed by atoms with Gasteiger partial charge in [0.2, 0.25) is 11.8 Å². The van der Waals surface area contributed by atoms with Crippen LogP contribution in [0.2, 0.25) is 0 Å². The molecule has 0 fully saturated rings. The van der Waals surface area contributed by atoms with Crippen molar-refractivity contribution in [2.75, 3.05) is 36.5 Å². The Labute approximate surface area is 351 Å². The number of hydrogen-bond donors (Lipinski definition) is 4. The highest BCUT2D eigenvalue weighted by Crippen LogP contribution is 2.26. The minimum Gasteiger partial charge on any atom is -0.488 e. The Morgan fingerprint density at radius 2 is 1.53 bits per heavy atom. The van der Waals surface area contributed by atoms with Gasteiger partial charge in [-0.2, -0.15) is 0 Å². The van der Waals surface area contributed by atoms with E-state index in [0.29, 0.717) is 49.8 Å². The fourth-order valence-electron chi connectivity index (χ4n) is 7.41. The number of anilines is 3. The summed E-state index contributed by atoms with van der Waals surface area (Å²) >= 11 is 0. The van der Waals surface area contributed by atoms with Crippen LogP contribution in [-0.4, -0.2) is 68.1 Å². The summed E-state index contributed by atoms with van der Waals surface area (Å²) in [6.45, 7) is 12.4. The molecular weight excluding hydrogens is 763 g/mol. The normalized spacial score (nSPS) is 13.3. The number of unbranched alkanes of at least 4 members (excludes halogenated alkanes) is 1. The minimum absolute atomic E-state index is 0.0102. The zero-order valence-corrected chi connectivity index (χ0v) is 35.2. The molecule has 0 spiro atoms. The molecule has 2 unspecified atom stereocenters. The van der Waals surface area contributed by atoms with Gasteiger partial charge in [-0.05, 0) is 102 Å². The number of benzene rings is 3. The molecule has 0 aromatic heterocycles. The lowest BCUT2D eigenvalue weighted by Gasteiger charge is -2.28. The average molecular weight is 819 g/mol. The molecule has 13 heteroatoms. The van der Waals surface area contributed by atoms with Crippen LogP contribution in [0.3, 0.4) is 0 Å². The van der Waals surface area contributed by atoms with Crippen molar-refractivity contribution in [3.8, 4) is 17.6 Å². The molecule has 0 aliphatic carbocycles. The van der Waals surface area contributed by atoms with Gasteiger partial charge in [0.1, 0.15) is 11.7 Å². The van der Waals surface area contributed by atoms with Gasteiger partial charge in [-0.25, -0.2) is 4.79 Å². The molecule has 4 aromatic carbocycles. The monoisotopic (exact) mass is 818 g/mol. The van der Waals surface area contributed by atoms with E-state index in [1.807, 2.05) is 48.5 Å². The maximum absolute atomic E-state index is 13.6. The van der Waals surface area contributed by atoms with Gasteiger partial charge in [-0.15, -0.1) is 0 Å². The Balaban J connectivity index is 1.13. The molecule has 1 aliphatic heterocycles. The molecule has 1 aliphatic rings. The van der Waals surface area contributed by atoms with Gasteiger partial charge in [0.05, 0.1) is 44.1 Å². The highest BCUT2D eigenvalue weighted by Gasteiger charge is 2.26. The van der Waals surface area contributed by atoms with Crippen molar-refractivity contribution in [3.63, 3.8) is 0 Å². The summed E-state index contributed by atoms with van der Waals surface area (Å²) in [5.41, 5.74) is 2.71. The highest BCUT2D eigenvalue weighted by atomic mass is 16.5. The topological polar surface area (TPSA) is 165 Å². The first-order valence-electron chi connectivity index (χ1n) is 20.8. The van der Waals surface area contributed by atoms with Crippen LogP contribution >= 0.6 is 0 Å². The first kappa shape index (κ1) is 44.8. The van der Waals surface area contributed by atoms with E-state index >= 15 is 0 Å². The van der Waals surface area contributed by atoms with E-state index in [2.05, 4.69) is 55.5 Å². The molecule has 0 radical (unpaired) electrons. The second-order valence-electron chi connectivity index (χ2n) is 15.2. The third-order valence-electron chi connectivity index (χ3n) is 10.7. The van der Waals surface area contributed by atoms with Gasteiger partial charge in [0.25, 0.3) is 16.8 Å². The summed E-state index contributed by atoms with van der Waals surface area (Å²) in [6.07, 6.45) is 1.98. The molecule has 316 valence electrons. The SMILES string of the molecule is CCOc1c(Nc2ccc(C(=O)N[C@@H](CCCCNC(=O)CCC(=O)N3Cc4ccccc4C#Cc4ccccc43)C(=O)OCCC(C)[NH+](CC)C(C)C)cc2)c(=O)c1=O. The standard InChI is InChI=1S/C47H55N5O8/c1-6-51(31(3)4)32(5)27-29-60-47(58)38(50-46(57)35-21-23-37(24-22-35)49-42-43(55)44(56)45(42)59-7-2)17-12-13-28-48-40(53)25-26-41(54)52-30-36-16-9-8-14-33(36)19-20-34-15-10-11-18-39(34)52/h8-11,14-16,18,21-24,31-32,38,49H,6-7,12-13,17,25-30H2,1-5H3,(H,48,53)(H,50,57)/p+1/t32?,38-/m0/s1. The number of ether oxygens (including phenoxy) is 2. The summed E-state index contributed by atoms with van der Waals surface area (Å²) in [7, 11) is 0. The van der Waals surface area contributed by atoms with Crippen molar-refractivity contribution in [1.29, 1.82) is 0 Å². The van der Waals surface area contributed by atoms with Crippen molar-refractivity contribution in [1.82, 2.24) is 10.6 Å². The van der Waals surface area contributed by atoms with Crippen LogP contribution in [0.5, 0.6) is 5.75 Å². The Hall–Kier alpha value is -6.26. The fraction of sp³-hybridized carbons (Fsp3) is 0.404. The first-order chi connectivity index (χ1) is 28.9. The lowest BCUT2D eigenvalue weighted by atomic mass is 10.0. The number of esters is 1. The van der Waals surface area contributed by atoms with Gasteiger partial charge in [-0.3, -0.25) is 24.0 Å². The van der Waals surface area contributed by atoms with Gasteiger partial charge < -0.3 is 35.2 Å². The van der Waals surface area contributed by atoms with Crippen LogP contribution in [0.1, 0.15) is 100 Å². The van der Waals surface area contributed by atoms with E-state index in [0.717, 1.165) is 23.2 Å². The number of rotatable bonds is 21. The lowest BCUT2D eigenvalue weighted by Crippen LogP contribution is -3.17. The number of carbonyl (C=O) groups excluding carboxylic acids is 4. The number of carbonyl (C=O) groups is 4. The smallest absolute Gasteiger partial charge is 0.328 e. The summed E-state index contributed by atoms with van der Waals surface area (Å²) in [6, 6.07) is 21.2. The summed E-state index contributed by atoms with van der Waals surface area (Å²) < 4.78 is 11.0. The van der Waals surface area contributed by atoms with Crippen LogP contribution in [-0.2, 0) is 25.7 Å². The molecule has 1 heterocycles. The van der Waals surface area contributed by atoms with E-state index < -0.39 is 28.8 Å². The third kappa shape index (κ3) is 11.7. The minimum atomic E-state index is -0.938.